The molecular formula is C21H30ClN3O. The number of nitrogens with one attached hydrogen (secondary N) is 1. The lowest BCUT2D eigenvalue weighted by Gasteiger charge is -2.32. The van der Waals surface area contributed by atoms with Crippen LogP contribution >= 0.6 is 12.4 Å². The number of likely N-dealkylation sites (tertiary alicyclic amines) is 1. The van der Waals surface area contributed by atoms with Crippen molar-refractivity contribution in [3.8, 4) is 0 Å². The topological polar surface area (TPSA) is 37.3 Å². The summed E-state index contributed by atoms with van der Waals surface area (Å²) < 4.78 is 2.28. The molecule has 0 saturated carbocycles. The molecule has 1 saturated heterocycles. The zero-order chi connectivity index (χ0) is 18.0. The summed E-state index contributed by atoms with van der Waals surface area (Å²) in [4.78, 5) is 15.1. The average Bonchev–Trinajstić information content (AvgIpc) is 2.95. The van der Waals surface area contributed by atoms with Gasteiger partial charge in [0.1, 0.15) is 0 Å². The van der Waals surface area contributed by atoms with E-state index in [4.69, 9.17) is 0 Å². The van der Waals surface area contributed by atoms with Gasteiger partial charge in [-0.3, -0.25) is 4.79 Å². The van der Waals surface area contributed by atoms with Crippen molar-refractivity contribution in [3.63, 3.8) is 0 Å². The van der Waals surface area contributed by atoms with Gasteiger partial charge in [-0.2, -0.15) is 0 Å². The second kappa shape index (κ2) is 8.74. The predicted molar refractivity (Wildman–Crippen MR) is 109 cm³/mol. The molecular weight excluding hydrogens is 346 g/mol. The van der Waals surface area contributed by atoms with Crippen LogP contribution in [0.2, 0.25) is 0 Å². The van der Waals surface area contributed by atoms with Crippen LogP contribution in [-0.4, -0.2) is 41.6 Å². The number of benzene rings is 1. The maximum Gasteiger partial charge on any atom is 0.255 e. The molecule has 0 bridgehead atoms. The first-order valence-electron chi connectivity index (χ1n) is 9.22. The van der Waals surface area contributed by atoms with Gasteiger partial charge in [-0.05, 0) is 52.3 Å². The largest absolute Gasteiger partial charge is 0.341 e. The van der Waals surface area contributed by atoms with Crippen molar-refractivity contribution in [3.05, 3.63) is 58.9 Å². The van der Waals surface area contributed by atoms with E-state index >= 15 is 0 Å². The molecule has 2 unspecified atom stereocenters. The molecule has 1 aliphatic rings. The van der Waals surface area contributed by atoms with Gasteiger partial charge in [0.15, 0.2) is 0 Å². The van der Waals surface area contributed by atoms with Crippen molar-refractivity contribution in [1.82, 2.24) is 14.8 Å². The van der Waals surface area contributed by atoms with Crippen LogP contribution in [0.25, 0.3) is 0 Å². The highest BCUT2D eigenvalue weighted by Gasteiger charge is 2.27. The molecule has 0 radical (unpaired) electrons. The molecule has 0 spiro atoms. The van der Waals surface area contributed by atoms with Crippen molar-refractivity contribution >= 4 is 18.3 Å². The number of likely N-dealkylation sites (N-methyl/N-ethyl adjacent to an activating group) is 1. The van der Waals surface area contributed by atoms with Crippen molar-refractivity contribution < 1.29 is 4.79 Å². The van der Waals surface area contributed by atoms with Crippen LogP contribution in [-0.2, 0) is 0 Å². The Hall–Kier alpha value is -1.78. The molecule has 5 heteroatoms. The zero-order valence-electron chi connectivity index (χ0n) is 16.2. The lowest BCUT2D eigenvalue weighted by atomic mass is 10.0. The Labute approximate surface area is 163 Å². The molecule has 2 atom stereocenters. The molecule has 1 fully saturated rings. The summed E-state index contributed by atoms with van der Waals surface area (Å²) in [6.07, 6.45) is 2.21. The Kier molecular flexibility index (Phi) is 6.90. The first kappa shape index (κ1) is 20.5. The van der Waals surface area contributed by atoms with Gasteiger partial charge in [-0.25, -0.2) is 0 Å². The Morgan fingerprint density at radius 1 is 1.23 bits per heavy atom. The van der Waals surface area contributed by atoms with E-state index in [1.807, 2.05) is 18.0 Å². The molecule has 1 aliphatic heterocycles. The normalized spacial score (nSPS) is 18.3. The third-order valence-electron chi connectivity index (χ3n) is 5.50. The number of rotatable bonds is 4. The number of aryl methyl sites for hydroxylation is 1. The van der Waals surface area contributed by atoms with Gasteiger partial charge in [-0.1, -0.05) is 30.3 Å². The highest BCUT2D eigenvalue weighted by atomic mass is 35.5. The molecule has 142 valence electrons. The number of amides is 1. The molecule has 2 aromatic rings. The minimum absolute atomic E-state index is 0. The number of hydrogen-bond acceptors (Lipinski definition) is 2. The maximum absolute atomic E-state index is 13.1. The van der Waals surface area contributed by atoms with Gasteiger partial charge in [0.2, 0.25) is 0 Å². The molecule has 2 heterocycles. The maximum atomic E-state index is 13.1. The fraction of sp³-hybridized carbons (Fsp3) is 0.476. The molecule has 1 N–H and O–H groups in total. The van der Waals surface area contributed by atoms with E-state index in [0.29, 0.717) is 6.04 Å². The van der Waals surface area contributed by atoms with Gasteiger partial charge in [0, 0.05) is 30.5 Å². The molecule has 3 rings (SSSR count). The van der Waals surface area contributed by atoms with Crippen LogP contribution in [0.3, 0.4) is 0 Å². The lowest BCUT2D eigenvalue weighted by Crippen LogP contribution is -2.47. The number of halogens is 1. The van der Waals surface area contributed by atoms with Gasteiger partial charge < -0.3 is 14.8 Å². The van der Waals surface area contributed by atoms with E-state index in [1.165, 1.54) is 5.56 Å². The standard InChI is InChI=1S/C21H29N3O.ClH/c1-15-13-20(21(25)23-12-8-11-19(14-23)22-4)17(3)24(15)16(2)18-9-6-5-7-10-18;/h5-7,9-10,13,16,19,22H,8,11-12,14H2,1-4H3;1H. The first-order valence-corrected chi connectivity index (χ1v) is 9.22. The van der Waals surface area contributed by atoms with Crippen LogP contribution in [0.1, 0.15) is 53.1 Å². The van der Waals surface area contributed by atoms with Crippen LogP contribution in [0.4, 0.5) is 0 Å². The van der Waals surface area contributed by atoms with E-state index in [9.17, 15) is 4.79 Å². The second-order valence-electron chi connectivity index (χ2n) is 7.12. The van der Waals surface area contributed by atoms with Crippen molar-refractivity contribution in [2.45, 2.75) is 45.7 Å². The van der Waals surface area contributed by atoms with Crippen molar-refractivity contribution in [2.24, 2.45) is 0 Å². The smallest absolute Gasteiger partial charge is 0.255 e. The van der Waals surface area contributed by atoms with E-state index < -0.39 is 0 Å². The molecule has 0 aliphatic carbocycles. The number of carbonyl (C=O) groups is 1. The first-order chi connectivity index (χ1) is 12.0. The summed E-state index contributed by atoms with van der Waals surface area (Å²) >= 11 is 0. The summed E-state index contributed by atoms with van der Waals surface area (Å²) in [6.45, 7) is 8.01. The molecule has 1 amide bonds. The molecule has 26 heavy (non-hydrogen) atoms. The highest BCUT2D eigenvalue weighted by molar-refractivity contribution is 5.95. The number of piperidine rings is 1. The third-order valence-corrected chi connectivity index (χ3v) is 5.50. The van der Waals surface area contributed by atoms with E-state index in [0.717, 1.165) is 42.9 Å². The summed E-state index contributed by atoms with van der Waals surface area (Å²) in [6, 6.07) is 13.1. The SMILES string of the molecule is CNC1CCCN(C(=O)c2cc(C)n(C(C)c3ccccc3)c2C)C1.Cl. The fourth-order valence-electron chi connectivity index (χ4n) is 4.04. The Morgan fingerprint density at radius 2 is 1.92 bits per heavy atom. The zero-order valence-corrected chi connectivity index (χ0v) is 17.0. The Morgan fingerprint density at radius 3 is 2.58 bits per heavy atom. The predicted octanol–water partition coefficient (Wildman–Crippen LogP) is 3.96. The van der Waals surface area contributed by atoms with Gasteiger partial charge in [-0.15, -0.1) is 12.4 Å². The Balaban J connectivity index is 0.00000243. The Bertz CT molecular complexity index is 741. The fourth-order valence-corrected chi connectivity index (χ4v) is 4.04. The average molecular weight is 376 g/mol. The summed E-state index contributed by atoms with van der Waals surface area (Å²) in [5.74, 6) is 0.166. The number of carbonyl (C=O) groups excluding carboxylic acids is 1. The minimum atomic E-state index is 0. The molecule has 4 nitrogen and oxygen atoms in total. The molecule has 1 aromatic heterocycles. The lowest BCUT2D eigenvalue weighted by molar-refractivity contribution is 0.0697. The van der Waals surface area contributed by atoms with Crippen molar-refractivity contribution in [2.75, 3.05) is 20.1 Å². The van der Waals surface area contributed by atoms with E-state index in [1.54, 1.807) is 0 Å². The minimum Gasteiger partial charge on any atom is -0.341 e. The summed E-state index contributed by atoms with van der Waals surface area (Å²) in [5.41, 5.74) is 4.30. The van der Waals surface area contributed by atoms with E-state index in [2.05, 4.69) is 61.0 Å². The van der Waals surface area contributed by atoms with Gasteiger partial charge >= 0.3 is 0 Å². The third kappa shape index (κ3) is 3.97. The van der Waals surface area contributed by atoms with Gasteiger partial charge in [0.25, 0.3) is 5.91 Å². The van der Waals surface area contributed by atoms with Crippen LogP contribution in [0.15, 0.2) is 36.4 Å². The van der Waals surface area contributed by atoms with Crippen LogP contribution < -0.4 is 5.32 Å². The molecule has 1 aromatic carbocycles. The van der Waals surface area contributed by atoms with Gasteiger partial charge in [0.05, 0.1) is 11.6 Å². The van der Waals surface area contributed by atoms with E-state index in [-0.39, 0.29) is 24.4 Å². The summed E-state index contributed by atoms with van der Waals surface area (Å²) in [7, 11) is 1.98. The monoisotopic (exact) mass is 375 g/mol. The quantitative estimate of drug-likeness (QED) is 0.878. The number of hydrogen-bond donors (Lipinski definition) is 1. The highest BCUT2D eigenvalue weighted by Crippen LogP contribution is 2.27. The van der Waals surface area contributed by atoms with Crippen LogP contribution in [0.5, 0.6) is 0 Å². The number of nitrogens with zero attached hydrogens (tertiary/aromatic N) is 2. The van der Waals surface area contributed by atoms with Crippen molar-refractivity contribution in [1.29, 1.82) is 0 Å². The summed E-state index contributed by atoms with van der Waals surface area (Å²) in [5, 5.41) is 3.31. The second-order valence-corrected chi connectivity index (χ2v) is 7.12. The number of aromatic nitrogens is 1. The van der Waals surface area contributed by atoms with Crippen LogP contribution in [0, 0.1) is 13.8 Å².